The van der Waals surface area contributed by atoms with Gasteiger partial charge in [-0.1, -0.05) is 29.3 Å². The molecule has 1 aromatic heterocycles. The van der Waals surface area contributed by atoms with E-state index in [1.165, 1.54) is 0 Å². The van der Waals surface area contributed by atoms with Gasteiger partial charge in [0.1, 0.15) is 18.5 Å². The van der Waals surface area contributed by atoms with E-state index < -0.39 is 17.7 Å². The number of rotatable bonds is 12. The summed E-state index contributed by atoms with van der Waals surface area (Å²) in [6.07, 6.45) is 6.00. The van der Waals surface area contributed by atoms with E-state index in [4.69, 9.17) is 47.6 Å². The number of benzene rings is 2. The zero-order valence-electron chi connectivity index (χ0n) is 25.5. The third kappa shape index (κ3) is 10.1. The molecule has 46 heavy (non-hydrogen) atoms. The van der Waals surface area contributed by atoms with Crippen LogP contribution in [0.1, 0.15) is 38.2 Å². The van der Waals surface area contributed by atoms with Crippen molar-refractivity contribution in [2.24, 2.45) is 0 Å². The third-order valence-corrected chi connectivity index (χ3v) is 8.09. The molecule has 2 aliphatic rings. The average molecular weight is 678 g/mol. The van der Waals surface area contributed by atoms with Crippen molar-refractivity contribution in [1.29, 1.82) is 0 Å². The molecule has 0 bridgehead atoms. The Morgan fingerprint density at radius 2 is 1.67 bits per heavy atom. The number of anilines is 1. The molecule has 3 aromatic rings. The van der Waals surface area contributed by atoms with Crippen molar-refractivity contribution < 1.29 is 38.8 Å². The molecule has 2 aliphatic heterocycles. The van der Waals surface area contributed by atoms with Crippen LogP contribution in [0.15, 0.2) is 61.2 Å². The summed E-state index contributed by atoms with van der Waals surface area (Å²) in [5.74, 6) is -1.94. The topological polar surface area (TPSA) is 144 Å². The van der Waals surface area contributed by atoms with Crippen LogP contribution in [0.25, 0.3) is 0 Å². The Balaban J connectivity index is 0.000000416. The number of hydrogen-bond acceptors (Lipinski definition) is 8. The van der Waals surface area contributed by atoms with E-state index in [9.17, 15) is 14.4 Å². The Hall–Kier alpha value is -3.84. The highest BCUT2D eigenvalue weighted by Gasteiger charge is 2.45. The van der Waals surface area contributed by atoms with Crippen LogP contribution in [0.5, 0.6) is 5.75 Å². The van der Waals surface area contributed by atoms with Gasteiger partial charge in [-0.2, -0.15) is 0 Å². The average Bonchev–Trinajstić information content (AvgIpc) is 3.69. The van der Waals surface area contributed by atoms with Gasteiger partial charge in [-0.3, -0.25) is 14.4 Å². The molecule has 12 nitrogen and oxygen atoms in total. The van der Waals surface area contributed by atoms with Crippen molar-refractivity contribution in [2.75, 3.05) is 44.3 Å². The summed E-state index contributed by atoms with van der Waals surface area (Å²) in [6, 6.07) is 13.3. The van der Waals surface area contributed by atoms with Crippen molar-refractivity contribution in [2.45, 2.75) is 51.0 Å². The fourth-order valence-corrected chi connectivity index (χ4v) is 5.70. The number of unbranched alkanes of at least 4 members (excludes halogenated alkanes) is 1. The molecule has 0 unspecified atom stereocenters. The van der Waals surface area contributed by atoms with E-state index in [0.717, 1.165) is 37.6 Å². The van der Waals surface area contributed by atoms with Gasteiger partial charge in [0.2, 0.25) is 11.7 Å². The number of carbonyl (C=O) groups excluding carboxylic acids is 1. The lowest BCUT2D eigenvalue weighted by molar-refractivity contribution is -0.189. The number of hydrogen-bond donors (Lipinski definition) is 2. The molecule has 0 spiro atoms. The Labute approximate surface area is 277 Å². The summed E-state index contributed by atoms with van der Waals surface area (Å²) in [4.78, 5) is 39.6. The second kappa shape index (κ2) is 16.6. The maximum Gasteiger partial charge on any atom is 0.303 e. The predicted molar refractivity (Wildman–Crippen MR) is 171 cm³/mol. The molecule has 0 saturated carbocycles. The van der Waals surface area contributed by atoms with Gasteiger partial charge in [0.25, 0.3) is 0 Å². The van der Waals surface area contributed by atoms with Gasteiger partial charge in [0.05, 0.1) is 24.5 Å². The fourth-order valence-electron chi connectivity index (χ4n) is 5.15. The Kier molecular flexibility index (Phi) is 12.7. The second-order valence-electron chi connectivity index (χ2n) is 11.0. The van der Waals surface area contributed by atoms with Crippen LogP contribution in [0, 0.1) is 0 Å². The minimum atomic E-state index is -1.08. The van der Waals surface area contributed by atoms with E-state index in [-0.39, 0.29) is 24.9 Å². The SMILES string of the molecule is CC(=O)N1CCN(c2ccc(OC[C@@H]3CO[C@@](Cn4ccnc4)(c4ccc(Cl)cc4Cl)O3)cc2)CC1.O=C(O)CCCCC(=O)O. The lowest BCUT2D eigenvalue weighted by Gasteiger charge is -2.35. The monoisotopic (exact) mass is 676 g/mol. The summed E-state index contributed by atoms with van der Waals surface area (Å²) in [6.45, 7) is 5.80. The lowest BCUT2D eigenvalue weighted by Crippen LogP contribution is -2.48. The van der Waals surface area contributed by atoms with E-state index in [2.05, 4.69) is 9.88 Å². The minimum absolute atomic E-state index is 0.0628. The molecule has 5 rings (SSSR count). The van der Waals surface area contributed by atoms with E-state index in [1.54, 1.807) is 31.6 Å². The number of carboxylic acid groups (broad SMARTS) is 2. The smallest absolute Gasteiger partial charge is 0.303 e. The van der Waals surface area contributed by atoms with Gasteiger partial charge in [0, 0.05) is 74.6 Å². The van der Waals surface area contributed by atoms with Gasteiger partial charge in [0.15, 0.2) is 0 Å². The maximum atomic E-state index is 11.6. The number of halogens is 2. The molecule has 2 fully saturated rings. The molecular formula is C32H38Cl2N4O8. The summed E-state index contributed by atoms with van der Waals surface area (Å²) < 4.78 is 20.6. The highest BCUT2D eigenvalue weighted by atomic mass is 35.5. The predicted octanol–water partition coefficient (Wildman–Crippen LogP) is 4.92. The van der Waals surface area contributed by atoms with Crippen LogP contribution < -0.4 is 9.64 Å². The van der Waals surface area contributed by atoms with E-state index >= 15 is 0 Å². The fraction of sp³-hybridized carbons (Fsp3) is 0.438. The van der Waals surface area contributed by atoms with Gasteiger partial charge >= 0.3 is 11.9 Å². The Morgan fingerprint density at radius 1 is 1.00 bits per heavy atom. The van der Waals surface area contributed by atoms with Crippen LogP contribution in [-0.4, -0.2) is 88.0 Å². The maximum absolute atomic E-state index is 11.6. The van der Waals surface area contributed by atoms with Crippen LogP contribution in [0.2, 0.25) is 10.0 Å². The number of nitrogens with zero attached hydrogens (tertiary/aromatic N) is 4. The Bertz CT molecular complexity index is 1430. The molecule has 248 valence electrons. The number of ether oxygens (including phenoxy) is 3. The summed E-state index contributed by atoms with van der Waals surface area (Å²) in [5, 5.41) is 17.3. The normalized spacial score (nSPS) is 19.3. The standard InChI is InChI=1S/C26H28Cl2N4O4.C6H10O4/c1-19(33)31-10-12-32(13-11-31)21-3-5-22(6-4-21)34-15-23-16-35-26(36-23,17-30-9-8-29-18-30)24-7-2-20(27)14-25(24)28;7-5(8)3-1-2-4-6(9)10/h2-9,14,18,23H,10-13,15-17H2,1H3;1-4H2,(H,7,8)(H,9,10)/t23-,26-;/m1./s1. The van der Waals surface area contributed by atoms with Crippen molar-refractivity contribution in [3.8, 4) is 5.75 Å². The number of aliphatic carboxylic acids is 2. The number of aromatic nitrogens is 2. The molecule has 3 heterocycles. The van der Waals surface area contributed by atoms with Crippen molar-refractivity contribution >= 4 is 46.7 Å². The Morgan fingerprint density at radius 3 is 2.24 bits per heavy atom. The highest BCUT2D eigenvalue weighted by Crippen LogP contribution is 2.40. The van der Waals surface area contributed by atoms with Crippen molar-refractivity contribution in [1.82, 2.24) is 14.5 Å². The van der Waals surface area contributed by atoms with Gasteiger partial charge < -0.3 is 38.8 Å². The molecule has 2 N–H and O–H groups in total. The zero-order chi connectivity index (χ0) is 33.1. The number of piperazine rings is 1. The molecule has 1 amide bonds. The van der Waals surface area contributed by atoms with Gasteiger partial charge in [-0.15, -0.1) is 0 Å². The molecule has 2 saturated heterocycles. The largest absolute Gasteiger partial charge is 0.491 e. The molecule has 2 aromatic carbocycles. The molecule has 14 heteroatoms. The first-order valence-electron chi connectivity index (χ1n) is 14.9. The second-order valence-corrected chi connectivity index (χ2v) is 11.8. The van der Waals surface area contributed by atoms with Crippen LogP contribution in [0.4, 0.5) is 5.69 Å². The molecule has 0 radical (unpaired) electrons. The zero-order valence-corrected chi connectivity index (χ0v) is 27.0. The van der Waals surface area contributed by atoms with E-state index in [1.807, 2.05) is 46.0 Å². The minimum Gasteiger partial charge on any atom is -0.491 e. The highest BCUT2D eigenvalue weighted by molar-refractivity contribution is 6.35. The van der Waals surface area contributed by atoms with Crippen molar-refractivity contribution in [3.63, 3.8) is 0 Å². The summed E-state index contributed by atoms with van der Waals surface area (Å²) in [5.41, 5.74) is 1.82. The first-order valence-corrected chi connectivity index (χ1v) is 15.7. The summed E-state index contributed by atoms with van der Waals surface area (Å²) in [7, 11) is 0. The molecule has 0 aliphatic carbocycles. The first-order chi connectivity index (χ1) is 22.0. The van der Waals surface area contributed by atoms with Crippen LogP contribution in [-0.2, 0) is 36.2 Å². The number of amides is 1. The van der Waals surface area contributed by atoms with Crippen LogP contribution in [0.3, 0.4) is 0 Å². The quantitative estimate of drug-likeness (QED) is 0.254. The van der Waals surface area contributed by atoms with Crippen molar-refractivity contribution in [3.05, 3.63) is 76.8 Å². The summed E-state index contributed by atoms with van der Waals surface area (Å²) >= 11 is 12.7. The number of carbonyl (C=O) groups is 3. The number of carboxylic acids is 2. The lowest BCUT2D eigenvalue weighted by atomic mass is 10.1. The molecular weight excluding hydrogens is 639 g/mol. The number of imidazole rings is 1. The van der Waals surface area contributed by atoms with Gasteiger partial charge in [-0.05, 0) is 49.2 Å². The van der Waals surface area contributed by atoms with Gasteiger partial charge in [-0.25, -0.2) is 4.98 Å². The van der Waals surface area contributed by atoms with Crippen LogP contribution >= 0.6 is 23.2 Å². The van der Waals surface area contributed by atoms with E-state index in [0.29, 0.717) is 48.2 Å². The third-order valence-electron chi connectivity index (χ3n) is 7.54. The molecule has 2 atom stereocenters. The first kappa shape index (κ1) is 35.0.